The highest BCUT2D eigenvalue weighted by Gasteiger charge is 2.45. The van der Waals surface area contributed by atoms with E-state index in [4.69, 9.17) is 0 Å². The topological polar surface area (TPSA) is 74.8 Å². The van der Waals surface area contributed by atoms with Crippen LogP contribution in [0.2, 0.25) is 0 Å². The van der Waals surface area contributed by atoms with Crippen molar-refractivity contribution in [1.29, 1.82) is 0 Å². The maximum Gasteiger partial charge on any atom is 0.293 e. The van der Waals surface area contributed by atoms with Crippen LogP contribution in [0.4, 0.5) is 9.59 Å². The summed E-state index contributed by atoms with van der Waals surface area (Å²) in [6, 6.07) is -0.557. The van der Waals surface area contributed by atoms with Gasteiger partial charge in [-0.2, -0.15) is 0 Å². The van der Waals surface area contributed by atoms with E-state index in [0.29, 0.717) is 0 Å². The van der Waals surface area contributed by atoms with Crippen LogP contribution < -0.4 is 0 Å². The normalized spacial score (nSPS) is 24.1. The van der Waals surface area contributed by atoms with Crippen molar-refractivity contribution in [3.63, 3.8) is 0 Å². The standard InChI is InChI=1S/C12H14N2O4S2/c1-5(2)13-9(15)7(19-11(13)17)8-10(16)14(6(3)4)12(18)20-8/h5-6H,1-4H3/b8-7+. The highest BCUT2D eigenvalue weighted by Crippen LogP contribution is 2.42. The summed E-state index contributed by atoms with van der Waals surface area (Å²) in [6.45, 7) is 6.89. The van der Waals surface area contributed by atoms with Crippen molar-refractivity contribution in [2.75, 3.05) is 0 Å². The van der Waals surface area contributed by atoms with Crippen molar-refractivity contribution < 1.29 is 19.2 Å². The third-order valence-electron chi connectivity index (χ3n) is 2.84. The SMILES string of the molecule is CC(C)N1C(=O)S/C(=C2/SC(=O)N(C(C)C)C2=O)C1=O. The van der Waals surface area contributed by atoms with Gasteiger partial charge in [0.05, 0.1) is 0 Å². The zero-order chi connectivity index (χ0) is 15.2. The Kier molecular flexibility index (Phi) is 3.97. The Bertz CT molecular complexity index is 506. The summed E-state index contributed by atoms with van der Waals surface area (Å²) in [4.78, 5) is 50.4. The number of hydrogen-bond donors (Lipinski definition) is 0. The van der Waals surface area contributed by atoms with Gasteiger partial charge in [0.1, 0.15) is 9.81 Å². The maximum atomic E-state index is 12.2. The van der Waals surface area contributed by atoms with Gasteiger partial charge in [-0.3, -0.25) is 29.0 Å². The minimum atomic E-state index is -0.496. The number of thioether (sulfide) groups is 2. The molecule has 0 aromatic carbocycles. The molecule has 0 aromatic heterocycles. The molecular formula is C12H14N2O4S2. The molecule has 0 atom stereocenters. The molecule has 0 saturated carbocycles. The van der Waals surface area contributed by atoms with Gasteiger partial charge in [-0.25, -0.2) is 0 Å². The zero-order valence-corrected chi connectivity index (χ0v) is 13.1. The first kappa shape index (κ1) is 15.1. The molecular weight excluding hydrogens is 300 g/mol. The molecule has 8 heteroatoms. The van der Waals surface area contributed by atoms with E-state index >= 15 is 0 Å². The molecule has 4 amide bonds. The van der Waals surface area contributed by atoms with E-state index in [0.717, 1.165) is 33.3 Å². The van der Waals surface area contributed by atoms with Gasteiger partial charge in [-0.05, 0) is 51.2 Å². The van der Waals surface area contributed by atoms with Crippen molar-refractivity contribution in [2.45, 2.75) is 39.8 Å². The van der Waals surface area contributed by atoms with Gasteiger partial charge >= 0.3 is 0 Å². The molecule has 108 valence electrons. The quantitative estimate of drug-likeness (QED) is 0.729. The molecule has 0 spiro atoms. The van der Waals surface area contributed by atoms with E-state index in [2.05, 4.69) is 0 Å². The van der Waals surface area contributed by atoms with Crippen molar-refractivity contribution in [3.8, 4) is 0 Å². The Morgan fingerprint density at radius 1 is 0.700 bits per heavy atom. The number of amides is 4. The average molecular weight is 314 g/mol. The summed E-state index contributed by atoms with van der Waals surface area (Å²) in [5.41, 5.74) is 0. The molecule has 2 fully saturated rings. The first-order chi connectivity index (χ1) is 9.25. The van der Waals surface area contributed by atoms with Crippen molar-refractivity contribution >= 4 is 45.8 Å². The number of imide groups is 2. The number of nitrogens with zero attached hydrogens (tertiary/aromatic N) is 2. The Morgan fingerprint density at radius 2 is 1.00 bits per heavy atom. The maximum absolute atomic E-state index is 12.2. The summed E-state index contributed by atoms with van der Waals surface area (Å²) < 4.78 is 0. The molecule has 2 rings (SSSR count). The summed E-state index contributed by atoms with van der Waals surface area (Å²) >= 11 is 1.45. The molecule has 0 radical (unpaired) electrons. The molecule has 2 saturated heterocycles. The van der Waals surface area contributed by atoms with Gasteiger partial charge in [-0.1, -0.05) is 0 Å². The van der Waals surface area contributed by atoms with Crippen LogP contribution in [0, 0.1) is 0 Å². The third kappa shape index (κ3) is 2.26. The van der Waals surface area contributed by atoms with Crippen LogP contribution >= 0.6 is 23.5 Å². The van der Waals surface area contributed by atoms with Crippen molar-refractivity contribution in [2.24, 2.45) is 0 Å². The van der Waals surface area contributed by atoms with Gasteiger partial charge in [0.15, 0.2) is 0 Å². The molecule has 2 aliphatic heterocycles. The predicted octanol–water partition coefficient (Wildman–Crippen LogP) is 2.41. The highest BCUT2D eigenvalue weighted by atomic mass is 32.2. The molecule has 0 N–H and O–H groups in total. The van der Waals surface area contributed by atoms with Crippen LogP contribution in [0.25, 0.3) is 0 Å². The molecule has 20 heavy (non-hydrogen) atoms. The van der Waals surface area contributed by atoms with Gasteiger partial charge < -0.3 is 0 Å². The number of carbonyl (C=O) groups is 4. The second-order valence-electron chi connectivity index (χ2n) is 4.93. The Hall–Kier alpha value is -1.28. The Labute approximate surface area is 124 Å². The van der Waals surface area contributed by atoms with Crippen LogP contribution in [0.1, 0.15) is 27.7 Å². The number of rotatable bonds is 2. The molecule has 0 unspecified atom stereocenters. The largest absolute Gasteiger partial charge is 0.293 e. The lowest BCUT2D eigenvalue weighted by atomic mass is 10.3. The van der Waals surface area contributed by atoms with E-state index in [9.17, 15) is 19.2 Å². The summed E-state index contributed by atoms with van der Waals surface area (Å²) in [5.74, 6) is -0.992. The lowest BCUT2D eigenvalue weighted by Crippen LogP contribution is -2.36. The molecule has 6 nitrogen and oxygen atoms in total. The van der Waals surface area contributed by atoms with Crippen molar-refractivity contribution in [3.05, 3.63) is 9.81 Å². The lowest BCUT2D eigenvalue weighted by Gasteiger charge is -2.17. The van der Waals surface area contributed by atoms with E-state index in [1.165, 1.54) is 0 Å². The first-order valence-corrected chi connectivity index (χ1v) is 7.74. The van der Waals surface area contributed by atoms with E-state index in [1.54, 1.807) is 27.7 Å². The minimum absolute atomic E-state index is 0.0650. The van der Waals surface area contributed by atoms with Crippen LogP contribution in [0.15, 0.2) is 9.81 Å². The van der Waals surface area contributed by atoms with Gasteiger partial charge in [-0.15, -0.1) is 0 Å². The van der Waals surface area contributed by atoms with Gasteiger partial charge in [0, 0.05) is 12.1 Å². The van der Waals surface area contributed by atoms with E-state index < -0.39 is 22.3 Å². The fraction of sp³-hybridized carbons (Fsp3) is 0.500. The van der Waals surface area contributed by atoms with Gasteiger partial charge in [0.25, 0.3) is 22.3 Å². The van der Waals surface area contributed by atoms with Crippen LogP contribution in [-0.2, 0) is 9.59 Å². The summed E-state index contributed by atoms with van der Waals surface area (Å²) in [6.07, 6.45) is 0. The lowest BCUT2D eigenvalue weighted by molar-refractivity contribution is -0.126. The Morgan fingerprint density at radius 3 is 1.20 bits per heavy atom. The first-order valence-electron chi connectivity index (χ1n) is 6.10. The third-order valence-corrected chi connectivity index (χ3v) is 4.87. The molecule has 0 aromatic rings. The molecule has 0 bridgehead atoms. The zero-order valence-electron chi connectivity index (χ0n) is 11.5. The molecule has 2 aliphatic rings. The van der Waals surface area contributed by atoms with E-state index in [-0.39, 0.29) is 21.9 Å². The molecule has 2 heterocycles. The number of carbonyl (C=O) groups excluding carboxylic acids is 4. The fourth-order valence-electron chi connectivity index (χ4n) is 1.92. The average Bonchev–Trinajstić information content (AvgIpc) is 2.76. The van der Waals surface area contributed by atoms with Crippen LogP contribution in [0.5, 0.6) is 0 Å². The van der Waals surface area contributed by atoms with Crippen LogP contribution in [0.3, 0.4) is 0 Å². The predicted molar refractivity (Wildman–Crippen MR) is 77.0 cm³/mol. The van der Waals surface area contributed by atoms with E-state index in [1.807, 2.05) is 0 Å². The smallest absolute Gasteiger partial charge is 0.268 e. The highest BCUT2D eigenvalue weighted by molar-refractivity contribution is 8.21. The summed E-state index contributed by atoms with van der Waals surface area (Å²) in [7, 11) is 0. The number of hydrogen-bond acceptors (Lipinski definition) is 6. The molecule has 0 aliphatic carbocycles. The van der Waals surface area contributed by atoms with Gasteiger partial charge in [0.2, 0.25) is 0 Å². The monoisotopic (exact) mass is 314 g/mol. The summed E-state index contributed by atoms with van der Waals surface area (Å²) in [5, 5.41) is -0.812. The second kappa shape index (κ2) is 5.25. The Balaban J connectivity index is 2.41. The van der Waals surface area contributed by atoms with Crippen LogP contribution in [-0.4, -0.2) is 44.2 Å². The second-order valence-corrected chi connectivity index (χ2v) is 6.86. The fourth-order valence-corrected chi connectivity index (χ4v) is 4.04. The minimum Gasteiger partial charge on any atom is -0.268 e. The van der Waals surface area contributed by atoms with Crippen molar-refractivity contribution in [1.82, 2.24) is 9.80 Å².